The monoisotopic (exact) mass is 244 g/mol. The minimum Gasteiger partial charge on any atom is -0.240 e. The van der Waals surface area contributed by atoms with E-state index in [0.29, 0.717) is 5.92 Å². The van der Waals surface area contributed by atoms with Gasteiger partial charge in [-0.25, -0.2) is 9.97 Å². The topological polar surface area (TPSA) is 25.8 Å². The first-order valence-electron chi connectivity index (χ1n) is 3.87. The van der Waals surface area contributed by atoms with Crippen molar-refractivity contribution in [3.05, 3.63) is 16.5 Å². The van der Waals surface area contributed by atoms with Crippen LogP contribution in [0.2, 0.25) is 0 Å². The van der Waals surface area contributed by atoms with Crippen molar-refractivity contribution in [3.8, 4) is 0 Å². The molecule has 1 aromatic heterocycles. The number of rotatable bonds is 2. The van der Waals surface area contributed by atoms with Crippen LogP contribution in [0.3, 0.4) is 0 Å². The SMILES string of the molecule is CSc1nc(C2CC2)ncc1Br. The lowest BCUT2D eigenvalue weighted by molar-refractivity contribution is 0.869. The van der Waals surface area contributed by atoms with Crippen LogP contribution in [0.15, 0.2) is 15.7 Å². The van der Waals surface area contributed by atoms with Gasteiger partial charge < -0.3 is 0 Å². The third-order valence-electron chi connectivity index (χ3n) is 1.87. The highest BCUT2D eigenvalue weighted by Gasteiger charge is 2.26. The second-order valence-electron chi connectivity index (χ2n) is 2.86. The van der Waals surface area contributed by atoms with E-state index in [1.807, 2.05) is 12.5 Å². The van der Waals surface area contributed by atoms with Crippen molar-refractivity contribution < 1.29 is 0 Å². The van der Waals surface area contributed by atoms with E-state index in [2.05, 4.69) is 25.9 Å². The van der Waals surface area contributed by atoms with Crippen molar-refractivity contribution in [2.45, 2.75) is 23.8 Å². The smallest absolute Gasteiger partial charge is 0.132 e. The highest BCUT2D eigenvalue weighted by molar-refractivity contribution is 9.10. The van der Waals surface area contributed by atoms with Crippen LogP contribution in [-0.2, 0) is 0 Å². The van der Waals surface area contributed by atoms with Crippen LogP contribution in [0.1, 0.15) is 24.6 Å². The van der Waals surface area contributed by atoms with Gasteiger partial charge in [-0.2, -0.15) is 0 Å². The summed E-state index contributed by atoms with van der Waals surface area (Å²) in [7, 11) is 0. The summed E-state index contributed by atoms with van der Waals surface area (Å²) >= 11 is 5.07. The number of nitrogens with zero attached hydrogens (tertiary/aromatic N) is 2. The highest BCUT2D eigenvalue weighted by atomic mass is 79.9. The average Bonchev–Trinajstić information content (AvgIpc) is 2.88. The number of halogens is 1. The number of aromatic nitrogens is 2. The number of hydrogen-bond acceptors (Lipinski definition) is 3. The van der Waals surface area contributed by atoms with Crippen LogP contribution in [0.4, 0.5) is 0 Å². The minimum atomic E-state index is 0.643. The van der Waals surface area contributed by atoms with E-state index in [4.69, 9.17) is 0 Å². The zero-order valence-electron chi connectivity index (χ0n) is 6.75. The third-order valence-corrected chi connectivity index (χ3v) is 3.41. The largest absolute Gasteiger partial charge is 0.240 e. The molecule has 0 unspecified atom stereocenters. The van der Waals surface area contributed by atoms with E-state index in [9.17, 15) is 0 Å². The molecule has 0 bridgehead atoms. The summed E-state index contributed by atoms with van der Waals surface area (Å²) in [4.78, 5) is 8.74. The third kappa shape index (κ3) is 1.64. The molecular formula is C8H9BrN2S. The molecule has 0 spiro atoms. The van der Waals surface area contributed by atoms with Crippen molar-refractivity contribution in [1.82, 2.24) is 9.97 Å². The van der Waals surface area contributed by atoms with Gasteiger partial charge in [0.15, 0.2) is 0 Å². The summed E-state index contributed by atoms with van der Waals surface area (Å²) in [6.45, 7) is 0. The van der Waals surface area contributed by atoms with Gasteiger partial charge in [0.1, 0.15) is 10.9 Å². The fourth-order valence-electron chi connectivity index (χ4n) is 1.05. The predicted molar refractivity (Wildman–Crippen MR) is 53.5 cm³/mol. The summed E-state index contributed by atoms with van der Waals surface area (Å²) in [5.41, 5.74) is 0. The molecule has 1 fully saturated rings. The van der Waals surface area contributed by atoms with Crippen LogP contribution in [-0.4, -0.2) is 16.2 Å². The molecule has 0 atom stereocenters. The highest BCUT2D eigenvalue weighted by Crippen LogP contribution is 2.39. The average molecular weight is 245 g/mol. The van der Waals surface area contributed by atoms with Gasteiger partial charge in [0.25, 0.3) is 0 Å². The quantitative estimate of drug-likeness (QED) is 0.591. The standard InChI is InChI=1S/C8H9BrN2S/c1-12-8-6(9)4-10-7(11-8)5-2-3-5/h4-5H,2-3H2,1H3. The van der Waals surface area contributed by atoms with Crippen LogP contribution >= 0.6 is 27.7 Å². The molecule has 2 rings (SSSR count). The maximum Gasteiger partial charge on any atom is 0.132 e. The summed E-state index contributed by atoms with van der Waals surface area (Å²) in [6, 6.07) is 0. The van der Waals surface area contributed by atoms with Gasteiger partial charge in [-0.05, 0) is 35.0 Å². The second-order valence-corrected chi connectivity index (χ2v) is 4.51. The molecule has 0 aromatic carbocycles. The lowest BCUT2D eigenvalue weighted by atomic mass is 10.4. The lowest BCUT2D eigenvalue weighted by Gasteiger charge is -2.01. The van der Waals surface area contributed by atoms with Crippen molar-refractivity contribution in [3.63, 3.8) is 0 Å². The van der Waals surface area contributed by atoms with Gasteiger partial charge in [-0.15, -0.1) is 11.8 Å². The zero-order chi connectivity index (χ0) is 8.55. The Morgan fingerprint density at radius 1 is 1.58 bits per heavy atom. The summed E-state index contributed by atoms with van der Waals surface area (Å²) in [6.07, 6.45) is 6.40. The van der Waals surface area contributed by atoms with E-state index < -0.39 is 0 Å². The molecule has 4 heteroatoms. The van der Waals surface area contributed by atoms with Crippen molar-refractivity contribution in [2.75, 3.05) is 6.26 Å². The Hall–Kier alpha value is -0.0900. The molecule has 1 heterocycles. The fourth-order valence-corrected chi connectivity index (χ4v) is 2.15. The molecule has 0 saturated heterocycles. The van der Waals surface area contributed by atoms with Crippen molar-refractivity contribution in [1.29, 1.82) is 0 Å². The Bertz CT molecular complexity index is 299. The first kappa shape index (κ1) is 8.51. The van der Waals surface area contributed by atoms with E-state index in [1.165, 1.54) is 12.8 Å². The van der Waals surface area contributed by atoms with Crippen LogP contribution in [0.25, 0.3) is 0 Å². The lowest BCUT2D eigenvalue weighted by Crippen LogP contribution is -1.93. The molecular weight excluding hydrogens is 236 g/mol. The normalized spacial score (nSPS) is 16.5. The van der Waals surface area contributed by atoms with Gasteiger partial charge in [0.05, 0.1) is 4.47 Å². The maximum absolute atomic E-state index is 4.46. The Labute approximate surface area is 84.3 Å². The minimum absolute atomic E-state index is 0.643. The molecule has 0 N–H and O–H groups in total. The molecule has 64 valence electrons. The molecule has 2 nitrogen and oxygen atoms in total. The van der Waals surface area contributed by atoms with E-state index in [-0.39, 0.29) is 0 Å². The summed E-state index contributed by atoms with van der Waals surface area (Å²) in [5, 5.41) is 1.05. The molecule has 1 aliphatic carbocycles. The van der Waals surface area contributed by atoms with Crippen LogP contribution in [0, 0.1) is 0 Å². The van der Waals surface area contributed by atoms with Gasteiger partial charge in [0.2, 0.25) is 0 Å². The van der Waals surface area contributed by atoms with Crippen LogP contribution in [0.5, 0.6) is 0 Å². The second kappa shape index (κ2) is 3.34. The molecule has 1 aromatic rings. The fraction of sp³-hybridized carbons (Fsp3) is 0.500. The van der Waals surface area contributed by atoms with Crippen molar-refractivity contribution >= 4 is 27.7 Å². The van der Waals surface area contributed by atoms with Crippen LogP contribution < -0.4 is 0 Å². The maximum atomic E-state index is 4.46. The summed E-state index contributed by atoms with van der Waals surface area (Å²) < 4.78 is 0.999. The Morgan fingerprint density at radius 2 is 2.33 bits per heavy atom. The van der Waals surface area contributed by atoms with E-state index >= 15 is 0 Å². The predicted octanol–water partition coefficient (Wildman–Crippen LogP) is 2.84. The molecule has 12 heavy (non-hydrogen) atoms. The number of hydrogen-bond donors (Lipinski definition) is 0. The molecule has 1 aliphatic rings. The van der Waals surface area contributed by atoms with Crippen molar-refractivity contribution in [2.24, 2.45) is 0 Å². The Morgan fingerprint density at radius 3 is 2.92 bits per heavy atom. The molecule has 0 radical (unpaired) electrons. The first-order valence-corrected chi connectivity index (χ1v) is 5.89. The van der Waals surface area contributed by atoms with Gasteiger partial charge in [0, 0.05) is 12.1 Å². The van der Waals surface area contributed by atoms with Gasteiger partial charge >= 0.3 is 0 Å². The Balaban J connectivity index is 2.33. The molecule has 1 saturated carbocycles. The molecule has 0 amide bonds. The first-order chi connectivity index (χ1) is 5.81. The van der Waals surface area contributed by atoms with Gasteiger partial charge in [-0.3, -0.25) is 0 Å². The number of thioether (sulfide) groups is 1. The Kier molecular flexibility index (Phi) is 2.37. The van der Waals surface area contributed by atoms with Gasteiger partial charge in [-0.1, -0.05) is 0 Å². The van der Waals surface area contributed by atoms with E-state index in [0.717, 1.165) is 15.3 Å². The van der Waals surface area contributed by atoms with E-state index in [1.54, 1.807) is 11.8 Å². The zero-order valence-corrected chi connectivity index (χ0v) is 9.15. The summed E-state index contributed by atoms with van der Waals surface area (Å²) in [5.74, 6) is 1.66. The molecule has 0 aliphatic heterocycles.